The van der Waals surface area contributed by atoms with Crippen LogP contribution in [0.2, 0.25) is 5.02 Å². The number of halogens is 4. The summed E-state index contributed by atoms with van der Waals surface area (Å²) in [4.78, 5) is 18.6. The Bertz CT molecular complexity index is 1080. The summed E-state index contributed by atoms with van der Waals surface area (Å²) >= 11 is 6.42. The molecule has 3 heterocycles. The van der Waals surface area contributed by atoms with E-state index in [0.29, 0.717) is 11.9 Å². The monoisotopic (exact) mass is 434 g/mol. The van der Waals surface area contributed by atoms with E-state index in [-0.39, 0.29) is 16.9 Å². The molecule has 1 atom stereocenters. The van der Waals surface area contributed by atoms with Crippen LogP contribution in [0, 0.1) is 0 Å². The van der Waals surface area contributed by atoms with Crippen LogP contribution in [-0.4, -0.2) is 21.3 Å². The van der Waals surface area contributed by atoms with Crippen molar-refractivity contribution in [1.82, 2.24) is 14.8 Å². The third-order valence-corrected chi connectivity index (χ3v) is 5.54. The quantitative estimate of drug-likeness (QED) is 0.580. The van der Waals surface area contributed by atoms with Crippen molar-refractivity contribution in [3.05, 3.63) is 81.4 Å². The summed E-state index contributed by atoms with van der Waals surface area (Å²) in [6, 6.07) is 12.0. The standard InChI is InChI=1S/C21H18ClF3N4O/c22-19-17(28-11-5-4-8-16(28)14-6-2-1-3-7-14)13-27-29(20(19)30)18-10-9-15(12-26-18)21(23,24)25/h1-3,6-7,9-10,12-13,16H,4-5,8,11H2. The second kappa shape index (κ2) is 8.10. The number of hydrogen-bond donors (Lipinski definition) is 0. The molecule has 0 aliphatic carbocycles. The summed E-state index contributed by atoms with van der Waals surface area (Å²) in [5.41, 5.74) is 0.111. The molecule has 0 radical (unpaired) electrons. The fourth-order valence-corrected chi connectivity index (χ4v) is 3.95. The van der Waals surface area contributed by atoms with Crippen LogP contribution in [0.1, 0.15) is 36.4 Å². The highest BCUT2D eigenvalue weighted by Crippen LogP contribution is 2.37. The Labute approximate surface area is 175 Å². The first-order valence-electron chi connectivity index (χ1n) is 9.49. The molecule has 1 fully saturated rings. The van der Waals surface area contributed by atoms with Crippen molar-refractivity contribution < 1.29 is 13.2 Å². The van der Waals surface area contributed by atoms with E-state index in [1.165, 1.54) is 6.20 Å². The topological polar surface area (TPSA) is 51.0 Å². The first-order valence-corrected chi connectivity index (χ1v) is 9.87. The van der Waals surface area contributed by atoms with Gasteiger partial charge in [0.1, 0.15) is 5.02 Å². The van der Waals surface area contributed by atoms with Gasteiger partial charge in [-0.15, -0.1) is 0 Å². The Hall–Kier alpha value is -2.87. The zero-order chi connectivity index (χ0) is 21.3. The Morgan fingerprint density at radius 1 is 1.03 bits per heavy atom. The molecule has 0 spiro atoms. The summed E-state index contributed by atoms with van der Waals surface area (Å²) < 4.78 is 39.2. The highest BCUT2D eigenvalue weighted by molar-refractivity contribution is 6.33. The zero-order valence-electron chi connectivity index (χ0n) is 15.8. The van der Waals surface area contributed by atoms with Gasteiger partial charge in [-0.25, -0.2) is 4.98 Å². The van der Waals surface area contributed by atoms with Gasteiger partial charge >= 0.3 is 6.18 Å². The SMILES string of the molecule is O=c1c(Cl)c(N2CCCCC2c2ccccc2)cnn1-c1ccc(C(F)(F)F)cn1. The molecule has 2 aromatic heterocycles. The van der Waals surface area contributed by atoms with Crippen molar-refractivity contribution >= 4 is 17.3 Å². The molecule has 0 N–H and O–H groups in total. The van der Waals surface area contributed by atoms with Crippen molar-refractivity contribution in [3.63, 3.8) is 0 Å². The maximum Gasteiger partial charge on any atom is 0.417 e. The lowest BCUT2D eigenvalue weighted by Crippen LogP contribution is -2.35. The lowest BCUT2D eigenvalue weighted by Gasteiger charge is -2.38. The number of benzene rings is 1. The number of piperidine rings is 1. The minimum absolute atomic E-state index is 0.0281. The molecule has 4 rings (SSSR count). The van der Waals surface area contributed by atoms with E-state index in [4.69, 9.17) is 11.6 Å². The van der Waals surface area contributed by atoms with Gasteiger partial charge in [-0.05, 0) is 37.0 Å². The molecule has 1 unspecified atom stereocenters. The number of rotatable bonds is 3. The molecular formula is C21H18ClF3N4O. The van der Waals surface area contributed by atoms with Crippen molar-refractivity contribution in [2.24, 2.45) is 0 Å². The average Bonchev–Trinajstić information content (AvgIpc) is 2.76. The van der Waals surface area contributed by atoms with Gasteiger partial charge in [0.25, 0.3) is 5.56 Å². The van der Waals surface area contributed by atoms with Crippen LogP contribution in [0.25, 0.3) is 5.82 Å². The largest absolute Gasteiger partial charge is 0.417 e. The van der Waals surface area contributed by atoms with Crippen molar-refractivity contribution in [1.29, 1.82) is 0 Å². The third kappa shape index (κ3) is 3.92. The maximum absolute atomic E-state index is 12.8. The van der Waals surface area contributed by atoms with Crippen molar-refractivity contribution in [2.45, 2.75) is 31.5 Å². The Morgan fingerprint density at radius 3 is 2.47 bits per heavy atom. The molecule has 0 saturated carbocycles. The van der Waals surface area contributed by atoms with Crippen LogP contribution in [0.4, 0.5) is 18.9 Å². The second-order valence-corrected chi connectivity index (χ2v) is 7.46. The molecule has 30 heavy (non-hydrogen) atoms. The van der Waals surface area contributed by atoms with Crippen LogP contribution in [-0.2, 0) is 6.18 Å². The Kier molecular flexibility index (Phi) is 5.51. The fraction of sp³-hybridized carbons (Fsp3) is 0.286. The first kappa shape index (κ1) is 20.4. The van der Waals surface area contributed by atoms with E-state index in [0.717, 1.165) is 48.2 Å². The number of alkyl halides is 3. The molecule has 1 aromatic carbocycles. The van der Waals surface area contributed by atoms with E-state index in [2.05, 4.69) is 15.0 Å². The first-order chi connectivity index (χ1) is 14.4. The zero-order valence-corrected chi connectivity index (χ0v) is 16.6. The Balaban J connectivity index is 1.70. The van der Waals surface area contributed by atoms with Gasteiger partial charge in [0.15, 0.2) is 5.82 Å². The average molecular weight is 435 g/mol. The molecule has 1 aliphatic heterocycles. The smallest absolute Gasteiger partial charge is 0.362 e. The van der Waals surface area contributed by atoms with E-state index in [1.54, 1.807) is 0 Å². The van der Waals surface area contributed by atoms with E-state index in [9.17, 15) is 18.0 Å². The van der Waals surface area contributed by atoms with Crippen LogP contribution in [0.15, 0.2) is 59.7 Å². The van der Waals surface area contributed by atoms with Crippen LogP contribution in [0.3, 0.4) is 0 Å². The van der Waals surface area contributed by atoms with E-state index < -0.39 is 17.3 Å². The van der Waals surface area contributed by atoms with Gasteiger partial charge < -0.3 is 4.90 Å². The number of pyridine rings is 1. The summed E-state index contributed by atoms with van der Waals surface area (Å²) in [6.07, 6.45) is 0.582. The minimum atomic E-state index is -4.51. The molecule has 9 heteroatoms. The predicted molar refractivity (Wildman–Crippen MR) is 108 cm³/mol. The molecule has 1 saturated heterocycles. The molecular weight excluding hydrogens is 417 g/mol. The van der Waals surface area contributed by atoms with Gasteiger partial charge in [-0.2, -0.15) is 23.0 Å². The molecule has 156 valence electrons. The third-order valence-electron chi connectivity index (χ3n) is 5.19. The van der Waals surface area contributed by atoms with E-state index in [1.807, 2.05) is 30.3 Å². The number of nitrogens with zero attached hydrogens (tertiary/aromatic N) is 4. The van der Waals surface area contributed by atoms with Crippen LogP contribution in [0.5, 0.6) is 0 Å². The van der Waals surface area contributed by atoms with Gasteiger partial charge in [0.2, 0.25) is 0 Å². The molecule has 0 bridgehead atoms. The molecule has 0 amide bonds. The highest BCUT2D eigenvalue weighted by Gasteiger charge is 2.31. The summed E-state index contributed by atoms with van der Waals surface area (Å²) in [5.74, 6) is -0.0281. The predicted octanol–water partition coefficient (Wildman–Crippen LogP) is 5.03. The van der Waals surface area contributed by atoms with Gasteiger partial charge in [-0.3, -0.25) is 4.79 Å². The van der Waals surface area contributed by atoms with E-state index >= 15 is 0 Å². The van der Waals surface area contributed by atoms with Crippen LogP contribution >= 0.6 is 11.6 Å². The summed E-state index contributed by atoms with van der Waals surface area (Å²) in [6.45, 7) is 0.725. The lowest BCUT2D eigenvalue weighted by molar-refractivity contribution is -0.137. The maximum atomic E-state index is 12.8. The molecule has 1 aliphatic rings. The van der Waals surface area contributed by atoms with Crippen molar-refractivity contribution in [2.75, 3.05) is 11.4 Å². The number of anilines is 1. The molecule has 3 aromatic rings. The number of hydrogen-bond acceptors (Lipinski definition) is 4. The van der Waals surface area contributed by atoms with Crippen LogP contribution < -0.4 is 10.5 Å². The normalized spacial score (nSPS) is 17.2. The van der Waals surface area contributed by atoms with Crippen molar-refractivity contribution in [3.8, 4) is 5.82 Å². The fourth-order valence-electron chi connectivity index (χ4n) is 3.71. The summed E-state index contributed by atoms with van der Waals surface area (Å²) in [7, 11) is 0. The Morgan fingerprint density at radius 2 is 1.80 bits per heavy atom. The number of aromatic nitrogens is 3. The highest BCUT2D eigenvalue weighted by atomic mass is 35.5. The lowest BCUT2D eigenvalue weighted by atomic mass is 9.95. The van der Waals surface area contributed by atoms with Gasteiger partial charge in [0, 0.05) is 12.7 Å². The van der Waals surface area contributed by atoms with Gasteiger partial charge in [-0.1, -0.05) is 41.9 Å². The van der Waals surface area contributed by atoms with Gasteiger partial charge in [0.05, 0.1) is 23.5 Å². The molecule has 5 nitrogen and oxygen atoms in total. The summed E-state index contributed by atoms with van der Waals surface area (Å²) in [5, 5.41) is 4.11. The second-order valence-electron chi connectivity index (χ2n) is 7.08. The minimum Gasteiger partial charge on any atom is -0.362 e.